The van der Waals surface area contributed by atoms with Crippen LogP contribution in [0.5, 0.6) is 0 Å². The highest BCUT2D eigenvalue weighted by atomic mass is 19.1. The van der Waals surface area contributed by atoms with Crippen molar-refractivity contribution in [2.75, 3.05) is 25.0 Å². The van der Waals surface area contributed by atoms with Gasteiger partial charge in [-0.2, -0.15) is 0 Å². The zero-order chi connectivity index (χ0) is 16.4. The SMILES string of the molecule is CN(C(=O)C1CCC(=O)N1)C1CCN(c2ccc(F)cc2)CC1. The molecule has 1 unspecified atom stereocenters. The van der Waals surface area contributed by atoms with Crippen molar-refractivity contribution in [2.24, 2.45) is 0 Å². The number of hydrogen-bond donors (Lipinski definition) is 1. The summed E-state index contributed by atoms with van der Waals surface area (Å²) in [5.41, 5.74) is 1.02. The fourth-order valence-corrected chi connectivity index (χ4v) is 3.39. The van der Waals surface area contributed by atoms with Crippen molar-refractivity contribution in [1.29, 1.82) is 0 Å². The summed E-state index contributed by atoms with van der Waals surface area (Å²) in [5, 5.41) is 2.74. The van der Waals surface area contributed by atoms with Gasteiger partial charge in [0, 0.05) is 38.3 Å². The minimum Gasteiger partial charge on any atom is -0.371 e. The lowest BCUT2D eigenvalue weighted by atomic mass is 10.0. The molecule has 0 aliphatic carbocycles. The summed E-state index contributed by atoms with van der Waals surface area (Å²) in [6.07, 6.45) is 2.78. The van der Waals surface area contributed by atoms with E-state index in [9.17, 15) is 14.0 Å². The van der Waals surface area contributed by atoms with E-state index in [4.69, 9.17) is 0 Å². The van der Waals surface area contributed by atoms with Gasteiger partial charge < -0.3 is 15.1 Å². The molecule has 2 fully saturated rings. The first-order valence-corrected chi connectivity index (χ1v) is 8.11. The van der Waals surface area contributed by atoms with Gasteiger partial charge in [0.2, 0.25) is 11.8 Å². The third-order valence-corrected chi connectivity index (χ3v) is 4.84. The highest BCUT2D eigenvalue weighted by Crippen LogP contribution is 2.23. The Morgan fingerprint density at radius 2 is 1.87 bits per heavy atom. The summed E-state index contributed by atoms with van der Waals surface area (Å²) in [6, 6.07) is 6.36. The minimum atomic E-state index is -0.359. The van der Waals surface area contributed by atoms with Gasteiger partial charge in [-0.3, -0.25) is 9.59 Å². The molecule has 1 atom stereocenters. The molecule has 2 heterocycles. The van der Waals surface area contributed by atoms with Crippen LogP contribution < -0.4 is 10.2 Å². The molecular weight excluding hydrogens is 297 g/mol. The number of likely N-dealkylation sites (N-methyl/N-ethyl adjacent to an activating group) is 1. The van der Waals surface area contributed by atoms with Gasteiger partial charge in [-0.1, -0.05) is 0 Å². The summed E-state index contributed by atoms with van der Waals surface area (Å²) in [4.78, 5) is 27.7. The van der Waals surface area contributed by atoms with E-state index < -0.39 is 0 Å². The summed E-state index contributed by atoms with van der Waals surface area (Å²) >= 11 is 0. The van der Waals surface area contributed by atoms with Crippen molar-refractivity contribution in [1.82, 2.24) is 10.2 Å². The van der Waals surface area contributed by atoms with Crippen LogP contribution in [0.3, 0.4) is 0 Å². The first-order chi connectivity index (χ1) is 11.0. The molecule has 2 saturated heterocycles. The molecule has 0 bridgehead atoms. The Morgan fingerprint density at radius 3 is 2.43 bits per heavy atom. The lowest BCUT2D eigenvalue weighted by Crippen LogP contribution is -2.50. The second kappa shape index (κ2) is 6.56. The maximum Gasteiger partial charge on any atom is 0.245 e. The topological polar surface area (TPSA) is 52.7 Å². The maximum absolute atomic E-state index is 13.0. The molecular formula is C17H22FN3O2. The predicted octanol–water partition coefficient (Wildman–Crippen LogP) is 1.53. The Hall–Kier alpha value is -2.11. The van der Waals surface area contributed by atoms with E-state index in [1.54, 1.807) is 17.0 Å². The standard InChI is InChI=1S/C17H22FN3O2/c1-20(17(23)15-6-7-16(22)19-15)13-8-10-21(11-9-13)14-4-2-12(18)3-5-14/h2-5,13,15H,6-11H2,1H3,(H,19,22). The Kier molecular flexibility index (Phi) is 4.50. The molecule has 2 aliphatic rings. The molecule has 2 aliphatic heterocycles. The average molecular weight is 319 g/mol. The van der Waals surface area contributed by atoms with Crippen LogP contribution in [0.15, 0.2) is 24.3 Å². The lowest BCUT2D eigenvalue weighted by molar-refractivity contribution is -0.135. The van der Waals surface area contributed by atoms with E-state index in [1.165, 1.54) is 12.1 Å². The van der Waals surface area contributed by atoms with E-state index in [1.807, 2.05) is 7.05 Å². The Bertz CT molecular complexity index is 582. The molecule has 124 valence electrons. The third kappa shape index (κ3) is 3.46. The van der Waals surface area contributed by atoms with Crippen LogP contribution in [0.2, 0.25) is 0 Å². The zero-order valence-electron chi connectivity index (χ0n) is 13.3. The fourth-order valence-electron chi connectivity index (χ4n) is 3.39. The van der Waals surface area contributed by atoms with Crippen LogP contribution in [-0.2, 0) is 9.59 Å². The van der Waals surface area contributed by atoms with Crippen molar-refractivity contribution in [3.63, 3.8) is 0 Å². The van der Waals surface area contributed by atoms with Gasteiger partial charge in [0.05, 0.1) is 0 Å². The molecule has 2 amide bonds. The van der Waals surface area contributed by atoms with Gasteiger partial charge in [-0.05, 0) is 43.5 Å². The largest absolute Gasteiger partial charge is 0.371 e. The molecule has 6 heteroatoms. The number of nitrogens with one attached hydrogen (secondary N) is 1. The molecule has 3 rings (SSSR count). The molecule has 23 heavy (non-hydrogen) atoms. The van der Waals surface area contributed by atoms with Gasteiger partial charge in [0.15, 0.2) is 0 Å². The smallest absolute Gasteiger partial charge is 0.245 e. The Labute approximate surface area is 135 Å². The molecule has 0 aromatic heterocycles. The lowest BCUT2D eigenvalue weighted by Gasteiger charge is -2.38. The average Bonchev–Trinajstić information content (AvgIpc) is 3.01. The monoisotopic (exact) mass is 319 g/mol. The first-order valence-electron chi connectivity index (χ1n) is 8.11. The van der Waals surface area contributed by atoms with Gasteiger partial charge in [-0.15, -0.1) is 0 Å². The quantitative estimate of drug-likeness (QED) is 0.919. The molecule has 1 N–H and O–H groups in total. The van der Waals surface area contributed by atoms with Crippen molar-refractivity contribution in [3.05, 3.63) is 30.1 Å². The minimum absolute atomic E-state index is 0.0103. The molecule has 1 aromatic rings. The van der Waals surface area contributed by atoms with Crippen LogP contribution in [0, 0.1) is 5.82 Å². The number of piperidine rings is 1. The fraction of sp³-hybridized carbons (Fsp3) is 0.529. The molecule has 0 radical (unpaired) electrons. The first kappa shape index (κ1) is 15.8. The van der Waals surface area contributed by atoms with E-state index in [0.29, 0.717) is 12.8 Å². The van der Waals surface area contributed by atoms with Crippen molar-refractivity contribution in [2.45, 2.75) is 37.8 Å². The number of carbonyl (C=O) groups excluding carboxylic acids is 2. The van der Waals surface area contributed by atoms with Gasteiger partial charge in [-0.25, -0.2) is 4.39 Å². The zero-order valence-corrected chi connectivity index (χ0v) is 13.3. The van der Waals surface area contributed by atoms with Gasteiger partial charge in [0.25, 0.3) is 0 Å². The molecule has 0 spiro atoms. The number of rotatable bonds is 3. The highest BCUT2D eigenvalue weighted by Gasteiger charge is 2.33. The van der Waals surface area contributed by atoms with Crippen molar-refractivity contribution < 1.29 is 14.0 Å². The number of anilines is 1. The summed E-state index contributed by atoms with van der Waals surface area (Å²) in [5.74, 6) is -0.258. The van der Waals surface area contributed by atoms with Crippen LogP contribution in [0.25, 0.3) is 0 Å². The number of amides is 2. The Balaban J connectivity index is 1.54. The van der Waals surface area contributed by atoms with E-state index in [0.717, 1.165) is 31.6 Å². The van der Waals surface area contributed by atoms with Gasteiger partial charge in [0.1, 0.15) is 11.9 Å². The van der Waals surface area contributed by atoms with Crippen molar-refractivity contribution in [3.8, 4) is 0 Å². The predicted molar refractivity (Wildman–Crippen MR) is 85.6 cm³/mol. The number of nitrogens with zero attached hydrogens (tertiary/aromatic N) is 2. The van der Waals surface area contributed by atoms with Crippen LogP contribution in [-0.4, -0.2) is 48.9 Å². The number of carbonyl (C=O) groups is 2. The highest BCUT2D eigenvalue weighted by molar-refractivity contribution is 5.90. The summed E-state index contributed by atoms with van der Waals surface area (Å²) in [7, 11) is 1.82. The Morgan fingerprint density at radius 1 is 1.22 bits per heavy atom. The van der Waals surface area contributed by atoms with E-state index in [-0.39, 0.29) is 29.7 Å². The third-order valence-electron chi connectivity index (χ3n) is 4.84. The summed E-state index contributed by atoms with van der Waals surface area (Å²) < 4.78 is 13.0. The number of benzene rings is 1. The van der Waals surface area contributed by atoms with Gasteiger partial charge >= 0.3 is 0 Å². The maximum atomic E-state index is 13.0. The number of halogens is 1. The van der Waals surface area contributed by atoms with Crippen LogP contribution in [0.1, 0.15) is 25.7 Å². The van der Waals surface area contributed by atoms with E-state index in [2.05, 4.69) is 10.2 Å². The summed E-state index contributed by atoms with van der Waals surface area (Å²) in [6.45, 7) is 1.68. The molecule has 5 nitrogen and oxygen atoms in total. The normalized spacial score (nSPS) is 22.1. The second-order valence-corrected chi connectivity index (χ2v) is 6.30. The molecule has 0 saturated carbocycles. The number of hydrogen-bond acceptors (Lipinski definition) is 3. The van der Waals surface area contributed by atoms with Crippen molar-refractivity contribution >= 4 is 17.5 Å². The van der Waals surface area contributed by atoms with Crippen LogP contribution >= 0.6 is 0 Å². The molecule has 1 aromatic carbocycles. The van der Waals surface area contributed by atoms with E-state index >= 15 is 0 Å². The second-order valence-electron chi connectivity index (χ2n) is 6.30. The van der Waals surface area contributed by atoms with Crippen LogP contribution in [0.4, 0.5) is 10.1 Å².